The van der Waals surface area contributed by atoms with E-state index in [1.165, 1.54) is 12.4 Å². The molecule has 0 radical (unpaired) electrons. The molecule has 2 aromatic heterocycles. The van der Waals surface area contributed by atoms with Crippen molar-refractivity contribution in [1.29, 1.82) is 5.41 Å². The first-order valence-electron chi connectivity index (χ1n) is 5.93. The van der Waals surface area contributed by atoms with Crippen LogP contribution in [0, 0.1) is 5.41 Å². The van der Waals surface area contributed by atoms with Gasteiger partial charge in [0.1, 0.15) is 11.6 Å². The van der Waals surface area contributed by atoms with Crippen LogP contribution in [0.4, 0.5) is 0 Å². The van der Waals surface area contributed by atoms with Crippen molar-refractivity contribution in [3.63, 3.8) is 0 Å². The zero-order valence-corrected chi connectivity index (χ0v) is 10.4. The molecule has 0 spiro atoms. The van der Waals surface area contributed by atoms with Crippen LogP contribution in [0.15, 0.2) is 48.9 Å². The van der Waals surface area contributed by atoms with Crippen molar-refractivity contribution in [2.24, 2.45) is 5.73 Å². The van der Waals surface area contributed by atoms with Crippen molar-refractivity contribution in [2.75, 3.05) is 0 Å². The molecule has 0 aliphatic heterocycles. The normalized spacial score (nSPS) is 10.4. The molecule has 0 aliphatic carbocycles. The molecule has 0 atom stereocenters. The molecule has 3 rings (SSSR count). The van der Waals surface area contributed by atoms with Gasteiger partial charge in [-0.2, -0.15) is 0 Å². The molecule has 0 saturated heterocycles. The lowest BCUT2D eigenvalue weighted by Gasteiger charge is -2.09. The summed E-state index contributed by atoms with van der Waals surface area (Å²) in [4.78, 5) is 12.3. The smallest absolute Gasteiger partial charge is 0.249 e. The van der Waals surface area contributed by atoms with Crippen molar-refractivity contribution in [3.8, 4) is 11.6 Å². The summed E-state index contributed by atoms with van der Waals surface area (Å²) in [5.74, 6) is 0.612. The highest BCUT2D eigenvalue weighted by Gasteiger charge is 2.12. The molecule has 3 aromatic rings. The van der Waals surface area contributed by atoms with E-state index in [1.807, 2.05) is 30.3 Å². The Labute approximate surface area is 114 Å². The largest absolute Gasteiger partial charge is 0.436 e. The molecular weight excluding hydrogens is 254 g/mol. The lowest BCUT2D eigenvalue weighted by Crippen LogP contribution is -2.15. The molecule has 98 valence electrons. The Morgan fingerprint density at radius 1 is 1.00 bits per heavy atom. The maximum absolute atomic E-state index is 7.49. The number of aromatic nitrogens is 3. The predicted octanol–water partition coefficient (Wildman–Crippen LogP) is 2.10. The zero-order valence-electron chi connectivity index (χ0n) is 10.4. The fraction of sp³-hybridized carbons (Fsp3) is 0. The monoisotopic (exact) mass is 265 g/mol. The first kappa shape index (κ1) is 12.0. The second-order valence-corrected chi connectivity index (χ2v) is 4.05. The number of hydrogen-bond donors (Lipinski definition) is 2. The third-order valence-corrected chi connectivity index (χ3v) is 2.73. The van der Waals surface area contributed by atoms with Crippen LogP contribution in [0.3, 0.4) is 0 Å². The van der Waals surface area contributed by atoms with E-state index in [-0.39, 0.29) is 17.4 Å². The molecule has 0 saturated carbocycles. The minimum Gasteiger partial charge on any atom is -0.436 e. The summed E-state index contributed by atoms with van der Waals surface area (Å²) in [7, 11) is 0. The van der Waals surface area contributed by atoms with Gasteiger partial charge in [-0.1, -0.05) is 6.07 Å². The van der Waals surface area contributed by atoms with Gasteiger partial charge in [-0.3, -0.25) is 10.4 Å². The van der Waals surface area contributed by atoms with Gasteiger partial charge in [0.05, 0.1) is 5.52 Å². The van der Waals surface area contributed by atoms with Gasteiger partial charge in [0.15, 0.2) is 5.69 Å². The number of hydrogen-bond acceptors (Lipinski definition) is 5. The zero-order chi connectivity index (χ0) is 13.9. The number of nitrogens with zero attached hydrogens (tertiary/aromatic N) is 3. The molecule has 2 heterocycles. The van der Waals surface area contributed by atoms with Crippen LogP contribution in [-0.2, 0) is 0 Å². The standard InChI is InChI=1S/C14H11N5O/c15-13(16)12-14(19-8-7-18-12)20-11-5-1-4-10-9(11)3-2-6-17-10/h1-8H,(H3,15,16). The van der Waals surface area contributed by atoms with Crippen molar-refractivity contribution in [3.05, 3.63) is 54.6 Å². The minimum atomic E-state index is -0.188. The quantitative estimate of drug-likeness (QED) is 0.558. The molecule has 0 unspecified atom stereocenters. The van der Waals surface area contributed by atoms with E-state index in [0.717, 1.165) is 10.9 Å². The molecule has 0 amide bonds. The van der Waals surface area contributed by atoms with Crippen LogP contribution < -0.4 is 10.5 Å². The third kappa shape index (κ3) is 2.14. The topological polar surface area (TPSA) is 97.8 Å². The van der Waals surface area contributed by atoms with E-state index in [1.54, 1.807) is 6.20 Å². The Hall–Kier alpha value is -3.02. The van der Waals surface area contributed by atoms with E-state index in [4.69, 9.17) is 15.9 Å². The van der Waals surface area contributed by atoms with Crippen molar-refractivity contribution < 1.29 is 4.74 Å². The van der Waals surface area contributed by atoms with Crippen LogP contribution >= 0.6 is 0 Å². The third-order valence-electron chi connectivity index (χ3n) is 2.73. The van der Waals surface area contributed by atoms with E-state index >= 15 is 0 Å². The lowest BCUT2D eigenvalue weighted by molar-refractivity contribution is 0.464. The van der Waals surface area contributed by atoms with Gasteiger partial charge in [-0.05, 0) is 24.3 Å². The summed E-state index contributed by atoms with van der Waals surface area (Å²) in [5.41, 5.74) is 6.50. The van der Waals surface area contributed by atoms with E-state index in [2.05, 4.69) is 15.0 Å². The summed E-state index contributed by atoms with van der Waals surface area (Å²) in [6.07, 6.45) is 4.68. The molecular formula is C14H11N5O. The van der Waals surface area contributed by atoms with Crippen LogP contribution in [0.25, 0.3) is 10.9 Å². The van der Waals surface area contributed by atoms with Gasteiger partial charge >= 0.3 is 0 Å². The number of fused-ring (bicyclic) bond motifs is 1. The molecule has 1 aromatic carbocycles. The highest BCUT2D eigenvalue weighted by Crippen LogP contribution is 2.28. The average Bonchev–Trinajstić information content (AvgIpc) is 2.48. The van der Waals surface area contributed by atoms with Crippen molar-refractivity contribution >= 4 is 16.7 Å². The molecule has 0 aliphatic rings. The first-order valence-corrected chi connectivity index (χ1v) is 5.93. The number of nitrogens with one attached hydrogen (secondary N) is 1. The summed E-state index contributed by atoms with van der Waals surface area (Å²) in [5, 5.41) is 8.34. The fourth-order valence-corrected chi connectivity index (χ4v) is 1.85. The number of ether oxygens (including phenoxy) is 1. The Balaban J connectivity index is 2.08. The van der Waals surface area contributed by atoms with Gasteiger partial charge in [-0.15, -0.1) is 0 Å². The maximum Gasteiger partial charge on any atom is 0.249 e. The van der Waals surface area contributed by atoms with Gasteiger partial charge in [0.25, 0.3) is 0 Å². The van der Waals surface area contributed by atoms with Crippen LogP contribution in [0.5, 0.6) is 11.6 Å². The summed E-state index contributed by atoms with van der Waals surface area (Å²) < 4.78 is 5.75. The van der Waals surface area contributed by atoms with Crippen molar-refractivity contribution in [1.82, 2.24) is 15.0 Å². The Morgan fingerprint density at radius 2 is 1.85 bits per heavy atom. The van der Waals surface area contributed by atoms with Crippen LogP contribution in [0.2, 0.25) is 0 Å². The number of nitrogens with two attached hydrogens (primary N) is 1. The number of benzene rings is 1. The molecule has 0 bridgehead atoms. The second kappa shape index (κ2) is 4.93. The van der Waals surface area contributed by atoms with Crippen LogP contribution in [-0.4, -0.2) is 20.8 Å². The van der Waals surface area contributed by atoms with E-state index in [0.29, 0.717) is 5.75 Å². The van der Waals surface area contributed by atoms with Gasteiger partial charge in [0, 0.05) is 24.0 Å². The highest BCUT2D eigenvalue weighted by molar-refractivity contribution is 5.95. The maximum atomic E-state index is 7.49. The lowest BCUT2D eigenvalue weighted by atomic mass is 10.2. The average molecular weight is 265 g/mol. The number of rotatable bonds is 3. The Kier molecular flexibility index (Phi) is 2.96. The molecule has 6 nitrogen and oxygen atoms in total. The summed E-state index contributed by atoms with van der Waals surface area (Å²) in [6, 6.07) is 9.28. The molecule has 20 heavy (non-hydrogen) atoms. The van der Waals surface area contributed by atoms with Gasteiger partial charge in [0.2, 0.25) is 5.88 Å². The first-order chi connectivity index (χ1) is 9.75. The van der Waals surface area contributed by atoms with E-state index in [9.17, 15) is 0 Å². The summed E-state index contributed by atoms with van der Waals surface area (Å²) >= 11 is 0. The van der Waals surface area contributed by atoms with Crippen molar-refractivity contribution in [2.45, 2.75) is 0 Å². The SMILES string of the molecule is N=C(N)c1nccnc1Oc1cccc2ncccc12. The van der Waals surface area contributed by atoms with Gasteiger partial charge < -0.3 is 10.5 Å². The fourth-order valence-electron chi connectivity index (χ4n) is 1.85. The number of pyridine rings is 1. The Morgan fingerprint density at radius 3 is 2.70 bits per heavy atom. The van der Waals surface area contributed by atoms with Gasteiger partial charge in [-0.25, -0.2) is 9.97 Å². The second-order valence-electron chi connectivity index (χ2n) is 4.05. The molecule has 6 heteroatoms. The molecule has 0 fully saturated rings. The number of amidine groups is 1. The molecule has 3 N–H and O–H groups in total. The summed E-state index contributed by atoms with van der Waals surface area (Å²) in [6.45, 7) is 0. The van der Waals surface area contributed by atoms with E-state index < -0.39 is 0 Å². The van der Waals surface area contributed by atoms with Crippen LogP contribution in [0.1, 0.15) is 5.69 Å². The number of nitrogen functional groups attached to an aromatic ring is 1. The Bertz CT molecular complexity index is 782. The predicted molar refractivity (Wildman–Crippen MR) is 74.9 cm³/mol. The minimum absolute atomic E-state index is 0.188. The highest BCUT2D eigenvalue weighted by atomic mass is 16.5.